The molecule has 144 valence electrons. The quantitative estimate of drug-likeness (QED) is 0.653. The Morgan fingerprint density at radius 1 is 1.04 bits per heavy atom. The fraction of sp³-hybridized carbons (Fsp3) is 0.158. The molecule has 0 atom stereocenters. The van der Waals surface area contributed by atoms with E-state index in [9.17, 15) is 9.59 Å². The van der Waals surface area contributed by atoms with Crippen molar-refractivity contribution in [2.45, 2.75) is 20.4 Å². The van der Waals surface area contributed by atoms with Crippen LogP contribution in [0.25, 0.3) is 0 Å². The molecule has 0 aliphatic rings. The molecule has 0 aliphatic carbocycles. The van der Waals surface area contributed by atoms with Gasteiger partial charge in [-0.15, -0.1) is 5.10 Å². The Morgan fingerprint density at radius 2 is 1.79 bits per heavy atom. The summed E-state index contributed by atoms with van der Waals surface area (Å²) in [5.41, 5.74) is 2.74. The van der Waals surface area contributed by atoms with E-state index in [1.54, 1.807) is 19.1 Å². The van der Waals surface area contributed by atoms with Crippen LogP contribution in [0.15, 0.2) is 42.5 Å². The minimum Gasteiger partial charge on any atom is -0.324 e. The van der Waals surface area contributed by atoms with Gasteiger partial charge in [0.1, 0.15) is 6.54 Å². The normalized spacial score (nSPS) is 10.6. The molecule has 0 bridgehead atoms. The lowest BCUT2D eigenvalue weighted by Crippen LogP contribution is -2.21. The number of benzene rings is 2. The molecule has 7 nitrogen and oxygen atoms in total. The third-order valence-corrected chi connectivity index (χ3v) is 4.83. The van der Waals surface area contributed by atoms with Crippen LogP contribution in [0, 0.1) is 13.8 Å². The van der Waals surface area contributed by atoms with E-state index in [1.807, 2.05) is 31.2 Å². The van der Waals surface area contributed by atoms with E-state index in [-0.39, 0.29) is 18.1 Å². The summed E-state index contributed by atoms with van der Waals surface area (Å²) < 4.78 is 1.37. The highest BCUT2D eigenvalue weighted by molar-refractivity contribution is 6.42. The molecule has 0 saturated carbocycles. The lowest BCUT2D eigenvalue weighted by molar-refractivity contribution is -0.117. The number of halogens is 2. The third-order valence-electron chi connectivity index (χ3n) is 4.09. The van der Waals surface area contributed by atoms with Gasteiger partial charge in [-0.05, 0) is 43.7 Å². The Hall–Kier alpha value is -2.90. The molecule has 0 radical (unpaired) electrons. The number of anilines is 2. The van der Waals surface area contributed by atoms with Crippen molar-refractivity contribution in [1.29, 1.82) is 0 Å². The highest BCUT2D eigenvalue weighted by Gasteiger charge is 2.18. The van der Waals surface area contributed by atoms with Crippen molar-refractivity contribution < 1.29 is 9.59 Å². The Labute approximate surface area is 171 Å². The number of aryl methyl sites for hydroxylation is 1. The zero-order chi connectivity index (χ0) is 20.3. The van der Waals surface area contributed by atoms with Crippen LogP contribution in [0.5, 0.6) is 0 Å². The van der Waals surface area contributed by atoms with E-state index in [0.29, 0.717) is 21.4 Å². The van der Waals surface area contributed by atoms with Gasteiger partial charge < -0.3 is 10.6 Å². The summed E-state index contributed by atoms with van der Waals surface area (Å²) in [5, 5.41) is 14.0. The summed E-state index contributed by atoms with van der Waals surface area (Å²) in [5.74, 6) is -0.722. The lowest BCUT2D eigenvalue weighted by atomic mass is 10.2. The molecule has 2 aromatic carbocycles. The van der Waals surface area contributed by atoms with Gasteiger partial charge in [-0.25, -0.2) is 4.68 Å². The van der Waals surface area contributed by atoms with Gasteiger partial charge in [-0.1, -0.05) is 46.6 Å². The summed E-state index contributed by atoms with van der Waals surface area (Å²) in [6, 6.07) is 12.2. The highest BCUT2D eigenvalue weighted by Crippen LogP contribution is 2.25. The van der Waals surface area contributed by atoms with Crippen molar-refractivity contribution in [1.82, 2.24) is 15.0 Å². The minimum absolute atomic E-state index is 0.0623. The van der Waals surface area contributed by atoms with Crippen LogP contribution in [-0.2, 0) is 11.3 Å². The molecule has 2 N–H and O–H groups in total. The Kier molecular flexibility index (Phi) is 5.96. The van der Waals surface area contributed by atoms with E-state index >= 15 is 0 Å². The predicted molar refractivity (Wildman–Crippen MR) is 109 cm³/mol. The molecule has 2 amide bonds. The maximum absolute atomic E-state index is 12.5. The van der Waals surface area contributed by atoms with Gasteiger partial charge in [-0.3, -0.25) is 9.59 Å². The molecule has 0 spiro atoms. The topological polar surface area (TPSA) is 88.9 Å². The first-order valence-corrected chi connectivity index (χ1v) is 9.12. The minimum atomic E-state index is -0.457. The molecule has 1 heterocycles. The molecule has 1 aromatic heterocycles. The van der Waals surface area contributed by atoms with E-state index in [0.717, 1.165) is 11.3 Å². The molecular weight excluding hydrogens is 401 g/mol. The molecule has 28 heavy (non-hydrogen) atoms. The third kappa shape index (κ3) is 4.49. The fourth-order valence-corrected chi connectivity index (χ4v) is 2.82. The number of carbonyl (C=O) groups excluding carboxylic acids is 2. The fourth-order valence-electron chi connectivity index (χ4n) is 2.52. The van der Waals surface area contributed by atoms with Crippen LogP contribution >= 0.6 is 23.2 Å². The monoisotopic (exact) mass is 417 g/mol. The average Bonchev–Trinajstić information content (AvgIpc) is 3.01. The van der Waals surface area contributed by atoms with Gasteiger partial charge in [0.15, 0.2) is 5.69 Å². The summed E-state index contributed by atoms with van der Waals surface area (Å²) >= 11 is 11.8. The number of hydrogen-bond acceptors (Lipinski definition) is 4. The van der Waals surface area contributed by atoms with E-state index < -0.39 is 5.91 Å². The van der Waals surface area contributed by atoms with Gasteiger partial charge in [0, 0.05) is 11.4 Å². The van der Waals surface area contributed by atoms with Gasteiger partial charge in [0.25, 0.3) is 5.91 Å². The van der Waals surface area contributed by atoms with Gasteiger partial charge in [0.2, 0.25) is 5.91 Å². The van der Waals surface area contributed by atoms with Crippen molar-refractivity contribution in [3.63, 3.8) is 0 Å². The van der Waals surface area contributed by atoms with Gasteiger partial charge in [-0.2, -0.15) is 0 Å². The maximum Gasteiger partial charge on any atom is 0.278 e. The second kappa shape index (κ2) is 8.41. The molecular formula is C19H17Cl2N5O2. The van der Waals surface area contributed by atoms with E-state index in [2.05, 4.69) is 20.9 Å². The second-order valence-electron chi connectivity index (χ2n) is 6.13. The summed E-state index contributed by atoms with van der Waals surface area (Å²) in [6.07, 6.45) is 0. The Morgan fingerprint density at radius 3 is 2.50 bits per heavy atom. The number of carbonyl (C=O) groups is 2. The molecule has 0 saturated heterocycles. The first kappa shape index (κ1) is 19.9. The number of amides is 2. The van der Waals surface area contributed by atoms with Crippen LogP contribution < -0.4 is 10.6 Å². The first-order chi connectivity index (χ1) is 13.3. The number of nitrogens with zero attached hydrogens (tertiary/aromatic N) is 3. The standard InChI is InChI=1S/C19H17Cl2N5O2/c1-11-5-3-4-6-16(11)23-17(27)10-26-12(2)18(24-25-26)19(28)22-13-7-8-14(20)15(21)9-13/h3-9H,10H2,1-2H3,(H,22,28)(H,23,27). The average molecular weight is 418 g/mol. The summed E-state index contributed by atoms with van der Waals surface area (Å²) in [4.78, 5) is 24.8. The zero-order valence-electron chi connectivity index (χ0n) is 15.2. The zero-order valence-corrected chi connectivity index (χ0v) is 16.7. The van der Waals surface area contributed by atoms with Crippen LogP contribution in [0.3, 0.4) is 0 Å². The largest absolute Gasteiger partial charge is 0.324 e. The number of nitrogens with one attached hydrogen (secondary N) is 2. The number of aromatic nitrogens is 3. The number of rotatable bonds is 5. The molecule has 0 fully saturated rings. The van der Waals surface area contributed by atoms with Gasteiger partial charge in [0.05, 0.1) is 15.7 Å². The molecule has 0 unspecified atom stereocenters. The summed E-state index contributed by atoms with van der Waals surface area (Å²) in [7, 11) is 0. The molecule has 3 rings (SSSR count). The van der Waals surface area contributed by atoms with E-state index in [4.69, 9.17) is 23.2 Å². The predicted octanol–water partition coefficient (Wildman–Crippen LogP) is 4.09. The van der Waals surface area contributed by atoms with E-state index in [1.165, 1.54) is 10.7 Å². The molecule has 3 aromatic rings. The van der Waals surface area contributed by atoms with Crippen molar-refractivity contribution in [3.8, 4) is 0 Å². The van der Waals surface area contributed by atoms with Gasteiger partial charge >= 0.3 is 0 Å². The van der Waals surface area contributed by atoms with Crippen LogP contribution in [0.1, 0.15) is 21.7 Å². The Bertz CT molecular complexity index is 1050. The number of hydrogen-bond donors (Lipinski definition) is 2. The second-order valence-corrected chi connectivity index (χ2v) is 6.94. The van der Waals surface area contributed by atoms with Crippen molar-refractivity contribution in [2.75, 3.05) is 10.6 Å². The SMILES string of the molecule is Cc1ccccc1NC(=O)Cn1nnc(C(=O)Nc2ccc(Cl)c(Cl)c2)c1C. The molecule has 9 heteroatoms. The van der Waals surface area contributed by atoms with Crippen LogP contribution in [0.2, 0.25) is 10.0 Å². The lowest BCUT2D eigenvalue weighted by Gasteiger charge is -2.09. The smallest absolute Gasteiger partial charge is 0.278 e. The highest BCUT2D eigenvalue weighted by atomic mass is 35.5. The van der Waals surface area contributed by atoms with Crippen LogP contribution in [-0.4, -0.2) is 26.8 Å². The van der Waals surface area contributed by atoms with Crippen molar-refractivity contribution in [2.24, 2.45) is 0 Å². The number of para-hydroxylation sites is 1. The molecule has 0 aliphatic heterocycles. The first-order valence-electron chi connectivity index (χ1n) is 8.37. The van der Waals surface area contributed by atoms with Crippen LogP contribution in [0.4, 0.5) is 11.4 Å². The Balaban J connectivity index is 1.69. The van der Waals surface area contributed by atoms with Crippen molar-refractivity contribution in [3.05, 3.63) is 69.5 Å². The maximum atomic E-state index is 12.5. The van der Waals surface area contributed by atoms with Crippen molar-refractivity contribution >= 4 is 46.4 Å². The summed E-state index contributed by atoms with van der Waals surface area (Å²) in [6.45, 7) is 3.51.